The molecule has 6 heteroatoms. The number of benzene rings is 2. The largest absolute Gasteiger partial charge is 0.304 e. The number of fused-ring (bicyclic) bond motifs is 5. The Balaban J connectivity index is 1.42. The summed E-state index contributed by atoms with van der Waals surface area (Å²) in [5, 5.41) is 9.70. The second-order valence-electron chi connectivity index (χ2n) is 11.3. The molecule has 3 unspecified atom stereocenters. The summed E-state index contributed by atoms with van der Waals surface area (Å²) in [7, 11) is 0. The second kappa shape index (κ2) is 10.3. The number of aldehydes is 1. The SMILES string of the molecule is O=CC1(C2CCc3c(ccc4c5c(c(F)cc34)C=CCC5)C2C2CCNNCCCCNCN2)CC1. The number of hydrogen-bond acceptors (Lipinski definition) is 5. The summed E-state index contributed by atoms with van der Waals surface area (Å²) in [6.45, 7) is 3.60. The van der Waals surface area contributed by atoms with Crippen LogP contribution in [-0.2, 0) is 17.6 Å². The van der Waals surface area contributed by atoms with Gasteiger partial charge in [0.05, 0.1) is 0 Å². The van der Waals surface area contributed by atoms with Crippen molar-refractivity contribution >= 4 is 23.1 Å². The van der Waals surface area contributed by atoms with Crippen molar-refractivity contribution in [1.29, 1.82) is 0 Å². The summed E-state index contributed by atoms with van der Waals surface area (Å²) in [4.78, 5) is 12.3. The third kappa shape index (κ3) is 4.43. The molecule has 1 saturated heterocycles. The lowest BCUT2D eigenvalue weighted by Gasteiger charge is -2.42. The van der Waals surface area contributed by atoms with Crippen molar-refractivity contribution in [3.8, 4) is 0 Å². The molecule has 1 saturated carbocycles. The van der Waals surface area contributed by atoms with Crippen LogP contribution in [0.1, 0.15) is 73.1 Å². The average Bonchev–Trinajstić information content (AvgIpc) is 3.70. The normalized spacial score (nSPS) is 28.4. The number of halogens is 1. The van der Waals surface area contributed by atoms with E-state index in [1.807, 2.05) is 6.08 Å². The number of carbonyl (C=O) groups excluding carboxylic acids is 1. The third-order valence-electron chi connectivity index (χ3n) is 9.25. The number of hydrazine groups is 1. The van der Waals surface area contributed by atoms with Gasteiger partial charge in [-0.15, -0.1) is 0 Å². The highest BCUT2D eigenvalue weighted by Gasteiger charge is 2.54. The van der Waals surface area contributed by atoms with E-state index in [0.29, 0.717) is 5.92 Å². The number of nitrogens with one attached hydrogen (secondary N) is 4. The Morgan fingerprint density at radius 1 is 0.972 bits per heavy atom. The van der Waals surface area contributed by atoms with E-state index < -0.39 is 0 Å². The number of rotatable bonds is 3. The highest BCUT2D eigenvalue weighted by molar-refractivity contribution is 5.93. The Morgan fingerprint density at radius 3 is 2.69 bits per heavy atom. The van der Waals surface area contributed by atoms with Crippen LogP contribution >= 0.6 is 0 Å². The summed E-state index contributed by atoms with van der Waals surface area (Å²) >= 11 is 0. The van der Waals surface area contributed by atoms with Crippen LogP contribution in [0.4, 0.5) is 4.39 Å². The van der Waals surface area contributed by atoms with Gasteiger partial charge in [-0.2, -0.15) is 0 Å². The highest BCUT2D eigenvalue weighted by atomic mass is 19.1. The minimum absolute atomic E-state index is 0.101. The molecule has 192 valence electrons. The molecule has 3 atom stereocenters. The van der Waals surface area contributed by atoms with Gasteiger partial charge in [0.2, 0.25) is 0 Å². The minimum atomic E-state index is -0.187. The summed E-state index contributed by atoms with van der Waals surface area (Å²) in [5.41, 5.74) is 11.1. The quantitative estimate of drug-likeness (QED) is 0.482. The van der Waals surface area contributed by atoms with Crippen molar-refractivity contribution in [2.24, 2.45) is 11.3 Å². The smallest absolute Gasteiger partial charge is 0.131 e. The predicted molar refractivity (Wildman–Crippen MR) is 143 cm³/mol. The van der Waals surface area contributed by atoms with E-state index >= 15 is 4.39 Å². The van der Waals surface area contributed by atoms with Gasteiger partial charge in [0.1, 0.15) is 12.1 Å². The lowest BCUT2D eigenvalue weighted by Crippen LogP contribution is -2.48. The lowest BCUT2D eigenvalue weighted by molar-refractivity contribution is -0.114. The van der Waals surface area contributed by atoms with Gasteiger partial charge < -0.3 is 15.4 Å². The first kappa shape index (κ1) is 24.2. The van der Waals surface area contributed by atoms with Crippen LogP contribution in [0.15, 0.2) is 24.3 Å². The van der Waals surface area contributed by atoms with E-state index in [1.165, 1.54) is 22.8 Å². The molecule has 5 nitrogen and oxygen atoms in total. The van der Waals surface area contributed by atoms with Crippen LogP contribution in [-0.4, -0.2) is 38.6 Å². The van der Waals surface area contributed by atoms with Crippen molar-refractivity contribution in [3.05, 3.63) is 52.3 Å². The minimum Gasteiger partial charge on any atom is -0.304 e. The topological polar surface area (TPSA) is 65.2 Å². The molecular formula is C30H39FN4O. The fourth-order valence-corrected chi connectivity index (χ4v) is 7.20. The molecule has 4 aliphatic rings. The van der Waals surface area contributed by atoms with Crippen LogP contribution in [0.3, 0.4) is 0 Å². The maximum atomic E-state index is 15.3. The zero-order chi connectivity index (χ0) is 24.5. The summed E-state index contributed by atoms with van der Waals surface area (Å²) < 4.78 is 15.3. The molecule has 2 aromatic rings. The van der Waals surface area contributed by atoms with Crippen LogP contribution in [0.5, 0.6) is 0 Å². The molecule has 0 bridgehead atoms. The van der Waals surface area contributed by atoms with Crippen LogP contribution in [0.2, 0.25) is 0 Å². The molecule has 0 radical (unpaired) electrons. The fraction of sp³-hybridized carbons (Fsp3) is 0.567. The van der Waals surface area contributed by atoms with E-state index in [4.69, 9.17) is 0 Å². The van der Waals surface area contributed by atoms with E-state index in [2.05, 4.69) is 39.7 Å². The molecule has 2 aromatic carbocycles. The van der Waals surface area contributed by atoms with Gasteiger partial charge in [-0.1, -0.05) is 24.3 Å². The Kier molecular flexibility index (Phi) is 6.95. The Hall–Kier alpha value is -2.12. The average molecular weight is 491 g/mol. The van der Waals surface area contributed by atoms with Crippen LogP contribution in [0, 0.1) is 17.2 Å². The molecule has 0 aromatic heterocycles. The van der Waals surface area contributed by atoms with Gasteiger partial charge in [0.15, 0.2) is 0 Å². The van der Waals surface area contributed by atoms with Gasteiger partial charge in [-0.25, -0.2) is 4.39 Å². The number of hydrogen-bond donors (Lipinski definition) is 4. The number of aryl methyl sites for hydroxylation is 2. The van der Waals surface area contributed by atoms with Crippen molar-refractivity contribution in [2.75, 3.05) is 26.3 Å². The van der Waals surface area contributed by atoms with Crippen LogP contribution < -0.4 is 21.5 Å². The Labute approximate surface area is 213 Å². The van der Waals surface area contributed by atoms with E-state index in [1.54, 1.807) is 6.07 Å². The van der Waals surface area contributed by atoms with Gasteiger partial charge in [0, 0.05) is 42.7 Å². The zero-order valence-corrected chi connectivity index (χ0v) is 21.2. The lowest BCUT2D eigenvalue weighted by atomic mass is 9.64. The van der Waals surface area contributed by atoms with Crippen molar-refractivity contribution in [2.45, 2.75) is 69.7 Å². The van der Waals surface area contributed by atoms with Crippen LogP contribution in [0.25, 0.3) is 16.8 Å². The maximum absolute atomic E-state index is 15.3. The number of carbonyl (C=O) groups is 1. The molecule has 1 aliphatic heterocycles. The maximum Gasteiger partial charge on any atom is 0.131 e. The monoisotopic (exact) mass is 490 g/mol. The van der Waals surface area contributed by atoms with Crippen molar-refractivity contribution < 1.29 is 9.18 Å². The first-order chi connectivity index (χ1) is 17.7. The summed E-state index contributed by atoms with van der Waals surface area (Å²) in [5.74, 6) is 0.454. The van der Waals surface area contributed by atoms with E-state index in [-0.39, 0.29) is 23.2 Å². The first-order valence-electron chi connectivity index (χ1n) is 14.0. The molecule has 3 aliphatic carbocycles. The summed E-state index contributed by atoms with van der Waals surface area (Å²) in [6, 6.07) is 6.59. The molecule has 36 heavy (non-hydrogen) atoms. The molecule has 0 amide bonds. The summed E-state index contributed by atoms with van der Waals surface area (Å²) in [6.07, 6.45) is 14.3. The third-order valence-corrected chi connectivity index (χ3v) is 9.25. The first-order valence-corrected chi connectivity index (χ1v) is 14.0. The predicted octanol–water partition coefficient (Wildman–Crippen LogP) is 4.35. The Bertz CT molecular complexity index is 1150. The zero-order valence-electron chi connectivity index (χ0n) is 21.2. The van der Waals surface area contributed by atoms with Gasteiger partial charge in [-0.05, 0) is 104 Å². The van der Waals surface area contributed by atoms with Gasteiger partial charge in [0.25, 0.3) is 0 Å². The second-order valence-corrected chi connectivity index (χ2v) is 11.3. The molecule has 2 fully saturated rings. The van der Waals surface area contributed by atoms with E-state index in [0.717, 1.165) is 101 Å². The number of allylic oxidation sites excluding steroid dienone is 1. The molecular weight excluding hydrogens is 451 g/mol. The van der Waals surface area contributed by atoms with Crippen molar-refractivity contribution in [1.82, 2.24) is 21.5 Å². The van der Waals surface area contributed by atoms with E-state index in [9.17, 15) is 4.79 Å². The molecule has 1 heterocycles. The van der Waals surface area contributed by atoms with Gasteiger partial charge >= 0.3 is 0 Å². The fourth-order valence-electron chi connectivity index (χ4n) is 7.20. The van der Waals surface area contributed by atoms with Gasteiger partial charge in [-0.3, -0.25) is 10.9 Å². The standard InChI is InChI=1S/C30H39FN4O/c31-27-17-25-21(20-5-1-2-6-23(20)27)7-8-24-22(25)9-10-26(30(18-36)12-13-30)29(24)28-11-16-35-34-15-4-3-14-32-19-33-28/h2,6-8,17-18,26,28-29,32-35H,1,3-5,9-16,19H2. The molecule has 4 N–H and O–H groups in total. The Morgan fingerprint density at radius 2 is 1.83 bits per heavy atom. The molecule has 6 rings (SSSR count). The van der Waals surface area contributed by atoms with Crippen molar-refractivity contribution in [3.63, 3.8) is 0 Å². The highest BCUT2D eigenvalue weighted by Crippen LogP contribution is 2.59. The molecule has 0 spiro atoms.